The standard InChI is InChI=1S/C19H31N3OS/c1-15-8-13-24-18(15)19(23)20-9-5-16-4-3-10-22(14-16)17-6-11-21(2)12-7-17/h8,13,16-17H,3-7,9-12,14H2,1-2H3,(H,20,23)/t16-/m1/s1. The number of hydrogen-bond acceptors (Lipinski definition) is 4. The van der Waals surface area contributed by atoms with Crippen LogP contribution in [0.3, 0.4) is 0 Å². The number of rotatable bonds is 5. The van der Waals surface area contributed by atoms with Crippen LogP contribution in [0.15, 0.2) is 11.4 Å². The molecular weight excluding hydrogens is 318 g/mol. The summed E-state index contributed by atoms with van der Waals surface area (Å²) in [5.41, 5.74) is 1.09. The van der Waals surface area contributed by atoms with E-state index in [1.54, 1.807) is 0 Å². The van der Waals surface area contributed by atoms with Crippen molar-refractivity contribution in [3.05, 3.63) is 21.9 Å². The van der Waals surface area contributed by atoms with Gasteiger partial charge in [-0.2, -0.15) is 0 Å². The molecule has 1 aromatic heterocycles. The maximum absolute atomic E-state index is 12.2. The molecule has 0 aliphatic carbocycles. The molecule has 4 nitrogen and oxygen atoms in total. The van der Waals surface area contributed by atoms with Gasteiger partial charge in [0.05, 0.1) is 4.88 Å². The van der Waals surface area contributed by atoms with E-state index >= 15 is 0 Å². The molecule has 24 heavy (non-hydrogen) atoms. The first kappa shape index (κ1) is 17.9. The van der Waals surface area contributed by atoms with Gasteiger partial charge in [0.1, 0.15) is 0 Å². The molecular formula is C19H31N3OS. The Balaban J connectivity index is 1.41. The minimum Gasteiger partial charge on any atom is -0.351 e. The zero-order valence-corrected chi connectivity index (χ0v) is 15.9. The van der Waals surface area contributed by atoms with Crippen molar-refractivity contribution in [1.82, 2.24) is 15.1 Å². The highest BCUT2D eigenvalue weighted by Crippen LogP contribution is 2.25. The van der Waals surface area contributed by atoms with E-state index in [0.29, 0.717) is 0 Å². The summed E-state index contributed by atoms with van der Waals surface area (Å²) in [5.74, 6) is 0.841. The van der Waals surface area contributed by atoms with E-state index in [0.717, 1.165) is 35.4 Å². The van der Waals surface area contributed by atoms with E-state index in [1.165, 1.54) is 63.2 Å². The number of likely N-dealkylation sites (tertiary alicyclic amines) is 2. The summed E-state index contributed by atoms with van der Waals surface area (Å²) in [6.45, 7) is 7.78. The molecule has 1 amide bonds. The number of amides is 1. The van der Waals surface area contributed by atoms with Crippen molar-refractivity contribution < 1.29 is 4.79 Å². The molecule has 2 aliphatic rings. The second-order valence-corrected chi connectivity index (χ2v) is 8.43. The maximum Gasteiger partial charge on any atom is 0.261 e. The van der Waals surface area contributed by atoms with E-state index in [2.05, 4.69) is 22.2 Å². The summed E-state index contributed by atoms with van der Waals surface area (Å²) in [6.07, 6.45) is 6.38. The largest absolute Gasteiger partial charge is 0.351 e. The molecule has 2 saturated heterocycles. The zero-order chi connectivity index (χ0) is 16.9. The highest BCUT2D eigenvalue weighted by molar-refractivity contribution is 7.12. The van der Waals surface area contributed by atoms with Crippen LogP contribution in [0, 0.1) is 12.8 Å². The lowest BCUT2D eigenvalue weighted by atomic mass is 9.92. The zero-order valence-electron chi connectivity index (χ0n) is 15.1. The van der Waals surface area contributed by atoms with Gasteiger partial charge < -0.3 is 15.1 Å². The maximum atomic E-state index is 12.2. The molecule has 1 atom stereocenters. The van der Waals surface area contributed by atoms with Gasteiger partial charge in [0.25, 0.3) is 5.91 Å². The van der Waals surface area contributed by atoms with Crippen LogP contribution in [0.25, 0.3) is 0 Å². The lowest BCUT2D eigenvalue weighted by Gasteiger charge is -2.41. The van der Waals surface area contributed by atoms with Crippen molar-refractivity contribution in [2.75, 3.05) is 39.8 Å². The fourth-order valence-corrected chi connectivity index (χ4v) is 4.94. The number of piperidine rings is 2. The molecule has 3 rings (SSSR count). The van der Waals surface area contributed by atoms with Gasteiger partial charge in [-0.3, -0.25) is 4.79 Å². The summed E-state index contributed by atoms with van der Waals surface area (Å²) in [5, 5.41) is 5.11. The van der Waals surface area contributed by atoms with Crippen LogP contribution in [-0.2, 0) is 0 Å². The molecule has 1 aromatic rings. The van der Waals surface area contributed by atoms with Crippen molar-refractivity contribution in [1.29, 1.82) is 0 Å². The number of nitrogens with one attached hydrogen (secondary N) is 1. The molecule has 0 aromatic carbocycles. The predicted octanol–water partition coefficient (Wildman–Crippen LogP) is 2.98. The van der Waals surface area contributed by atoms with Crippen LogP contribution in [0.2, 0.25) is 0 Å². The molecule has 0 spiro atoms. The molecule has 3 heterocycles. The molecule has 1 N–H and O–H groups in total. The third kappa shape index (κ3) is 4.58. The first-order valence-corrected chi connectivity index (χ1v) is 10.3. The number of aryl methyl sites for hydroxylation is 1. The summed E-state index contributed by atoms with van der Waals surface area (Å²) in [4.78, 5) is 18.2. The molecule has 2 aliphatic heterocycles. The molecule has 0 bridgehead atoms. The molecule has 2 fully saturated rings. The summed E-state index contributed by atoms with van der Waals surface area (Å²) >= 11 is 1.54. The summed E-state index contributed by atoms with van der Waals surface area (Å²) < 4.78 is 0. The van der Waals surface area contributed by atoms with E-state index in [1.807, 2.05) is 18.4 Å². The summed E-state index contributed by atoms with van der Waals surface area (Å²) in [6, 6.07) is 2.80. The van der Waals surface area contributed by atoms with Crippen LogP contribution < -0.4 is 5.32 Å². The number of carbonyl (C=O) groups is 1. The fraction of sp³-hybridized carbons (Fsp3) is 0.737. The Labute approximate surface area is 150 Å². The van der Waals surface area contributed by atoms with Gasteiger partial charge >= 0.3 is 0 Å². The first-order valence-electron chi connectivity index (χ1n) is 9.38. The van der Waals surface area contributed by atoms with E-state index < -0.39 is 0 Å². The van der Waals surface area contributed by atoms with Crippen molar-refractivity contribution >= 4 is 17.2 Å². The smallest absolute Gasteiger partial charge is 0.261 e. The Bertz CT molecular complexity index is 536. The lowest BCUT2D eigenvalue weighted by Crippen LogP contribution is -2.48. The number of thiophene rings is 1. The molecule has 5 heteroatoms. The quantitative estimate of drug-likeness (QED) is 0.888. The van der Waals surface area contributed by atoms with E-state index in [-0.39, 0.29) is 5.91 Å². The fourth-order valence-electron chi connectivity index (χ4n) is 4.10. The van der Waals surface area contributed by atoms with Crippen LogP contribution >= 0.6 is 11.3 Å². The Morgan fingerprint density at radius 2 is 2.08 bits per heavy atom. The van der Waals surface area contributed by atoms with Crippen molar-refractivity contribution in [2.45, 2.75) is 45.1 Å². The predicted molar refractivity (Wildman–Crippen MR) is 101 cm³/mol. The van der Waals surface area contributed by atoms with Gasteiger partial charge in [0.2, 0.25) is 0 Å². The Morgan fingerprint density at radius 1 is 1.29 bits per heavy atom. The third-order valence-electron chi connectivity index (χ3n) is 5.66. The van der Waals surface area contributed by atoms with Gasteiger partial charge in [-0.25, -0.2) is 0 Å². The van der Waals surface area contributed by atoms with Crippen LogP contribution in [0.1, 0.15) is 47.3 Å². The molecule has 0 unspecified atom stereocenters. The van der Waals surface area contributed by atoms with Gasteiger partial charge in [-0.05, 0) is 88.6 Å². The third-order valence-corrected chi connectivity index (χ3v) is 6.68. The van der Waals surface area contributed by atoms with E-state index in [4.69, 9.17) is 0 Å². The van der Waals surface area contributed by atoms with Crippen molar-refractivity contribution in [3.63, 3.8) is 0 Å². The lowest BCUT2D eigenvalue weighted by molar-refractivity contribution is 0.0757. The minimum atomic E-state index is 0.102. The average molecular weight is 350 g/mol. The number of hydrogen-bond donors (Lipinski definition) is 1. The van der Waals surface area contributed by atoms with E-state index in [9.17, 15) is 4.79 Å². The number of carbonyl (C=O) groups excluding carboxylic acids is 1. The molecule has 0 radical (unpaired) electrons. The highest BCUT2D eigenvalue weighted by atomic mass is 32.1. The highest BCUT2D eigenvalue weighted by Gasteiger charge is 2.27. The SMILES string of the molecule is Cc1ccsc1C(=O)NCC[C@H]1CCCN(C2CCN(C)CC2)C1. The van der Waals surface area contributed by atoms with Gasteiger partial charge in [0, 0.05) is 19.1 Å². The van der Waals surface area contributed by atoms with Gasteiger partial charge in [-0.1, -0.05) is 0 Å². The minimum absolute atomic E-state index is 0.102. The summed E-state index contributed by atoms with van der Waals surface area (Å²) in [7, 11) is 2.23. The Hall–Kier alpha value is -0.910. The first-order chi connectivity index (χ1) is 11.6. The monoisotopic (exact) mass is 349 g/mol. The van der Waals surface area contributed by atoms with Crippen molar-refractivity contribution in [2.24, 2.45) is 5.92 Å². The number of nitrogens with zero attached hydrogens (tertiary/aromatic N) is 2. The van der Waals surface area contributed by atoms with Crippen LogP contribution in [-0.4, -0.2) is 61.5 Å². The van der Waals surface area contributed by atoms with Crippen LogP contribution in [0.4, 0.5) is 0 Å². The normalized spacial score (nSPS) is 24.2. The molecule has 134 valence electrons. The van der Waals surface area contributed by atoms with Crippen LogP contribution in [0.5, 0.6) is 0 Å². The van der Waals surface area contributed by atoms with Crippen molar-refractivity contribution in [3.8, 4) is 0 Å². The molecule has 0 saturated carbocycles. The Kier molecular flexibility index (Phi) is 6.31. The second kappa shape index (κ2) is 8.45. The second-order valence-electron chi connectivity index (χ2n) is 7.51. The van der Waals surface area contributed by atoms with Gasteiger partial charge in [-0.15, -0.1) is 11.3 Å². The topological polar surface area (TPSA) is 35.6 Å². The van der Waals surface area contributed by atoms with Gasteiger partial charge in [0.15, 0.2) is 0 Å². The Morgan fingerprint density at radius 3 is 2.79 bits per heavy atom. The average Bonchev–Trinajstić information content (AvgIpc) is 3.02.